The minimum atomic E-state index is -0.600. The van der Waals surface area contributed by atoms with Gasteiger partial charge < -0.3 is 20.1 Å². The number of methoxy groups -OCH3 is 1. The number of fused-ring (bicyclic) bond motifs is 2. The minimum absolute atomic E-state index is 0.00327. The molecule has 0 saturated heterocycles. The van der Waals surface area contributed by atoms with Crippen molar-refractivity contribution in [3.63, 3.8) is 0 Å². The van der Waals surface area contributed by atoms with Gasteiger partial charge in [0.15, 0.2) is 6.61 Å². The van der Waals surface area contributed by atoms with Crippen molar-refractivity contribution >= 4 is 23.4 Å². The number of benzene rings is 1. The summed E-state index contributed by atoms with van der Waals surface area (Å²) in [6.07, 6.45) is 4.06. The molecule has 1 aromatic carbocycles. The van der Waals surface area contributed by atoms with Gasteiger partial charge in [0, 0.05) is 18.2 Å². The van der Waals surface area contributed by atoms with Crippen LogP contribution in [0, 0.1) is 17.7 Å². The predicted octanol–water partition coefficient (Wildman–Crippen LogP) is 2.97. The molecule has 0 spiro atoms. The third-order valence-corrected chi connectivity index (χ3v) is 6.29. The van der Waals surface area contributed by atoms with E-state index in [4.69, 9.17) is 21.1 Å². The van der Waals surface area contributed by atoms with E-state index >= 15 is 0 Å². The molecule has 1 heterocycles. The SMILES string of the molecule is COc1ccc(C(=O)N[C@@H]2CC(NC(=O)COc3ccc(Cl)c(F)c3)C3CC2C3)nc1. The number of amides is 2. The third-order valence-electron chi connectivity index (χ3n) is 5.99. The summed E-state index contributed by atoms with van der Waals surface area (Å²) < 4.78 is 23.9. The molecule has 3 aliphatic carbocycles. The van der Waals surface area contributed by atoms with Crippen molar-refractivity contribution in [3.05, 3.63) is 53.1 Å². The Balaban J connectivity index is 1.29. The average molecular weight is 448 g/mol. The fourth-order valence-corrected chi connectivity index (χ4v) is 4.34. The Morgan fingerprint density at radius 2 is 1.81 bits per heavy atom. The number of nitrogens with zero attached hydrogens (tertiary/aromatic N) is 1. The van der Waals surface area contributed by atoms with Crippen LogP contribution in [0.2, 0.25) is 5.02 Å². The summed E-state index contributed by atoms with van der Waals surface area (Å²) in [5, 5.41) is 6.04. The molecule has 2 atom stereocenters. The van der Waals surface area contributed by atoms with Crippen LogP contribution in [0.5, 0.6) is 11.5 Å². The van der Waals surface area contributed by atoms with Crippen molar-refractivity contribution in [3.8, 4) is 11.5 Å². The Bertz CT molecular complexity index is 966. The molecule has 31 heavy (non-hydrogen) atoms. The van der Waals surface area contributed by atoms with Crippen molar-refractivity contribution in [2.75, 3.05) is 13.7 Å². The van der Waals surface area contributed by atoms with Gasteiger partial charge in [-0.25, -0.2) is 9.37 Å². The van der Waals surface area contributed by atoms with Gasteiger partial charge in [-0.05, 0) is 55.4 Å². The fourth-order valence-electron chi connectivity index (χ4n) is 4.22. The highest BCUT2D eigenvalue weighted by atomic mass is 35.5. The molecule has 2 aromatic rings. The summed E-state index contributed by atoms with van der Waals surface area (Å²) in [5.41, 5.74) is 0.325. The molecule has 0 radical (unpaired) electrons. The summed E-state index contributed by atoms with van der Waals surface area (Å²) in [4.78, 5) is 29.0. The number of hydrogen-bond donors (Lipinski definition) is 2. The summed E-state index contributed by atoms with van der Waals surface area (Å²) >= 11 is 5.65. The molecule has 0 aliphatic heterocycles. The maximum atomic E-state index is 13.5. The Kier molecular flexibility index (Phi) is 6.27. The van der Waals surface area contributed by atoms with Crippen LogP contribution in [0.15, 0.2) is 36.5 Å². The summed E-state index contributed by atoms with van der Waals surface area (Å²) in [7, 11) is 1.54. The standard InChI is InChI=1S/C22H23ClFN3O4/c1-30-15-3-5-18(25-10-15)22(29)27-20-9-19(12-6-13(20)7-12)26-21(28)11-31-14-2-4-16(23)17(24)8-14/h2-5,8,10,12-13,19-20H,6-7,9,11H2,1H3,(H,26,28)(H,27,29)/t12?,13?,19?,20-/m1/s1. The topological polar surface area (TPSA) is 89.6 Å². The van der Waals surface area contributed by atoms with Crippen LogP contribution in [0.25, 0.3) is 0 Å². The molecule has 1 unspecified atom stereocenters. The molecular formula is C22H23ClFN3O4. The van der Waals surface area contributed by atoms with Gasteiger partial charge in [-0.1, -0.05) is 11.6 Å². The maximum absolute atomic E-state index is 13.5. The summed E-state index contributed by atoms with van der Waals surface area (Å²) in [6, 6.07) is 7.27. The van der Waals surface area contributed by atoms with Gasteiger partial charge in [0.2, 0.25) is 0 Å². The van der Waals surface area contributed by atoms with Gasteiger partial charge in [0.1, 0.15) is 23.0 Å². The monoisotopic (exact) mass is 447 g/mol. The van der Waals surface area contributed by atoms with Crippen molar-refractivity contribution in [2.45, 2.75) is 31.3 Å². The molecule has 7 nitrogen and oxygen atoms in total. The van der Waals surface area contributed by atoms with E-state index in [1.54, 1.807) is 19.2 Å². The Morgan fingerprint density at radius 1 is 1.10 bits per heavy atom. The highest BCUT2D eigenvalue weighted by Gasteiger charge is 2.47. The van der Waals surface area contributed by atoms with Crippen LogP contribution < -0.4 is 20.1 Å². The van der Waals surface area contributed by atoms with Crippen molar-refractivity contribution in [2.24, 2.45) is 11.8 Å². The smallest absolute Gasteiger partial charge is 0.270 e. The Morgan fingerprint density at radius 3 is 2.45 bits per heavy atom. The maximum Gasteiger partial charge on any atom is 0.270 e. The predicted molar refractivity (Wildman–Crippen MR) is 112 cm³/mol. The molecular weight excluding hydrogens is 425 g/mol. The van der Waals surface area contributed by atoms with Crippen molar-refractivity contribution in [1.82, 2.24) is 15.6 Å². The van der Waals surface area contributed by atoms with Crippen LogP contribution >= 0.6 is 11.6 Å². The van der Waals surface area contributed by atoms with Crippen molar-refractivity contribution in [1.29, 1.82) is 0 Å². The highest BCUT2D eigenvalue weighted by molar-refractivity contribution is 6.30. The molecule has 2 N–H and O–H groups in total. The second kappa shape index (κ2) is 9.09. The number of pyridine rings is 1. The van der Waals surface area contributed by atoms with E-state index in [0.717, 1.165) is 18.9 Å². The van der Waals surface area contributed by atoms with E-state index in [0.29, 0.717) is 29.7 Å². The molecule has 2 amide bonds. The molecule has 3 saturated carbocycles. The highest BCUT2D eigenvalue weighted by Crippen LogP contribution is 2.45. The molecule has 9 heteroatoms. The first-order chi connectivity index (χ1) is 14.9. The minimum Gasteiger partial charge on any atom is -0.495 e. The Hall–Kier alpha value is -2.87. The van der Waals surface area contributed by atoms with Gasteiger partial charge in [0.05, 0.1) is 18.3 Å². The fraction of sp³-hybridized carbons (Fsp3) is 0.409. The van der Waals surface area contributed by atoms with Gasteiger partial charge >= 0.3 is 0 Å². The van der Waals surface area contributed by atoms with E-state index in [2.05, 4.69) is 15.6 Å². The third kappa shape index (κ3) is 4.90. The first-order valence-corrected chi connectivity index (χ1v) is 10.5. The van der Waals surface area contributed by atoms with E-state index in [1.807, 2.05) is 0 Å². The Labute approximate surface area is 184 Å². The average Bonchev–Trinajstić information content (AvgIpc) is 2.73. The number of halogens is 2. The van der Waals surface area contributed by atoms with Crippen LogP contribution in [0.3, 0.4) is 0 Å². The summed E-state index contributed by atoms with van der Waals surface area (Å²) in [5.74, 6) is 0.507. The largest absolute Gasteiger partial charge is 0.495 e. The first-order valence-electron chi connectivity index (χ1n) is 10.1. The van der Waals surface area contributed by atoms with Crippen LogP contribution in [0.4, 0.5) is 4.39 Å². The normalized spacial score (nSPS) is 24.0. The second-order valence-electron chi connectivity index (χ2n) is 7.93. The zero-order valence-corrected chi connectivity index (χ0v) is 17.7. The van der Waals surface area contributed by atoms with Crippen LogP contribution in [-0.4, -0.2) is 42.6 Å². The lowest BCUT2D eigenvalue weighted by atomic mass is 9.60. The van der Waals surface area contributed by atoms with E-state index in [1.165, 1.54) is 18.3 Å². The lowest BCUT2D eigenvalue weighted by Crippen LogP contribution is -2.60. The number of nitrogens with one attached hydrogen (secondary N) is 2. The van der Waals surface area contributed by atoms with Gasteiger partial charge in [0.25, 0.3) is 11.8 Å². The quantitative estimate of drug-likeness (QED) is 0.681. The van der Waals surface area contributed by atoms with Gasteiger partial charge in [-0.15, -0.1) is 0 Å². The van der Waals surface area contributed by atoms with E-state index in [-0.39, 0.29) is 41.3 Å². The number of hydrogen-bond acceptors (Lipinski definition) is 5. The van der Waals surface area contributed by atoms with Crippen molar-refractivity contribution < 1.29 is 23.5 Å². The molecule has 2 bridgehead atoms. The molecule has 5 rings (SSSR count). The van der Waals surface area contributed by atoms with E-state index < -0.39 is 5.82 Å². The number of carbonyl (C=O) groups excluding carboxylic acids is 2. The van der Waals surface area contributed by atoms with E-state index in [9.17, 15) is 14.0 Å². The molecule has 164 valence electrons. The van der Waals surface area contributed by atoms with Gasteiger partial charge in [-0.3, -0.25) is 9.59 Å². The summed E-state index contributed by atoms with van der Waals surface area (Å²) in [6.45, 7) is -0.222. The van der Waals surface area contributed by atoms with Crippen LogP contribution in [0.1, 0.15) is 29.8 Å². The lowest BCUT2D eigenvalue weighted by Gasteiger charge is -2.51. The zero-order valence-electron chi connectivity index (χ0n) is 16.9. The molecule has 1 aromatic heterocycles. The number of ether oxygens (including phenoxy) is 2. The first kappa shape index (κ1) is 21.4. The number of rotatable bonds is 7. The number of carbonyl (C=O) groups is 2. The van der Waals surface area contributed by atoms with Gasteiger partial charge in [-0.2, -0.15) is 0 Å². The molecule has 3 aliphatic rings. The number of aromatic nitrogens is 1. The second-order valence-corrected chi connectivity index (χ2v) is 8.34. The lowest BCUT2D eigenvalue weighted by molar-refractivity contribution is -0.125. The molecule has 3 fully saturated rings. The zero-order chi connectivity index (χ0) is 22.0. The van der Waals surface area contributed by atoms with Crippen LogP contribution in [-0.2, 0) is 4.79 Å².